The molecule has 0 amide bonds. The Morgan fingerprint density at radius 2 is 1.07 bits per heavy atom. The third-order valence-electron chi connectivity index (χ3n) is 10.5. The van der Waals surface area contributed by atoms with Gasteiger partial charge in [0.2, 0.25) is 0 Å². The molecule has 0 aromatic heterocycles. The maximum Gasteiger partial charge on any atom is 0.306 e. The first kappa shape index (κ1) is 37.3. The third kappa shape index (κ3) is 11.6. The molecule has 8 bridgehead atoms. The van der Waals surface area contributed by atoms with Crippen LogP contribution in [0.25, 0.3) is 0 Å². The van der Waals surface area contributed by atoms with E-state index in [2.05, 4.69) is 5.32 Å². The lowest BCUT2D eigenvalue weighted by Gasteiger charge is -2.57. The first-order valence-electron chi connectivity index (χ1n) is 17.4. The Hall–Kier alpha value is -1.18. The van der Waals surface area contributed by atoms with Crippen molar-refractivity contribution in [3.05, 3.63) is 0 Å². The Kier molecular flexibility index (Phi) is 12.8. The number of ether oxygens (including phenoxy) is 2. The van der Waals surface area contributed by atoms with E-state index < -0.39 is 5.60 Å². The number of carbonyl (C=O) groups is 3. The molecule has 0 radical (unpaired) electrons. The largest absolute Gasteiger partial charge is 0.460 e. The molecule has 0 atom stereocenters. The lowest BCUT2D eigenvalue weighted by atomic mass is 9.53. The average Bonchev–Trinajstić information content (AvgIpc) is 2.82. The van der Waals surface area contributed by atoms with Gasteiger partial charge < -0.3 is 25.3 Å². The minimum atomic E-state index is -0.444. The third-order valence-corrected chi connectivity index (χ3v) is 10.5. The molecule has 0 aromatic rings. The minimum Gasteiger partial charge on any atom is -0.460 e. The summed E-state index contributed by atoms with van der Waals surface area (Å²) in [5.74, 6) is 5.63. The molecule has 254 valence electrons. The van der Waals surface area contributed by atoms with Crippen LogP contribution in [-0.2, 0) is 23.9 Å². The van der Waals surface area contributed by atoms with Crippen molar-refractivity contribution >= 4 is 30.6 Å². The van der Waals surface area contributed by atoms with Crippen LogP contribution in [0.5, 0.6) is 0 Å². The van der Waals surface area contributed by atoms with Gasteiger partial charge in [-0.1, -0.05) is 0 Å². The molecule has 3 N–H and O–H groups in total. The second-order valence-corrected chi connectivity index (χ2v) is 17.4. The number of rotatable bonds is 8. The van der Waals surface area contributed by atoms with Gasteiger partial charge in [0.05, 0.1) is 6.42 Å². The molecule has 8 aliphatic rings. The van der Waals surface area contributed by atoms with Gasteiger partial charge in [0.25, 0.3) is 0 Å². The summed E-state index contributed by atoms with van der Waals surface area (Å²) in [6.07, 6.45) is 19.7. The molecule has 8 heteroatoms. The highest BCUT2D eigenvalue weighted by Gasteiger charge is 2.51. The van der Waals surface area contributed by atoms with Crippen LogP contribution in [0.4, 0.5) is 0 Å². The van der Waals surface area contributed by atoms with Crippen molar-refractivity contribution in [2.45, 2.75) is 167 Å². The van der Waals surface area contributed by atoms with Crippen molar-refractivity contribution in [3.63, 3.8) is 0 Å². The van der Waals surface area contributed by atoms with Gasteiger partial charge in [0.1, 0.15) is 17.5 Å². The second-order valence-electron chi connectivity index (χ2n) is 17.4. The zero-order valence-corrected chi connectivity index (χ0v) is 29.4. The summed E-state index contributed by atoms with van der Waals surface area (Å²) in [6, 6.07) is 0. The molecule has 0 spiro atoms. The van der Waals surface area contributed by atoms with Crippen LogP contribution in [0, 0.1) is 35.5 Å². The fraction of sp³-hybridized carbons (Fsp3) is 0.917. The van der Waals surface area contributed by atoms with Crippen molar-refractivity contribution in [2.75, 3.05) is 6.54 Å². The number of nitrogens with two attached hydrogens (primary N) is 1. The van der Waals surface area contributed by atoms with Crippen LogP contribution in [0.2, 0.25) is 0 Å². The van der Waals surface area contributed by atoms with Crippen LogP contribution in [0.15, 0.2) is 0 Å². The molecule has 44 heavy (non-hydrogen) atoms. The highest BCUT2D eigenvalue weighted by Crippen LogP contribution is 2.56. The predicted octanol–water partition coefficient (Wildman–Crippen LogP) is 7.31. The maximum absolute atomic E-state index is 11.7. The Morgan fingerprint density at radius 3 is 1.41 bits per heavy atom. The number of aldehydes is 1. The minimum absolute atomic E-state index is 0. The summed E-state index contributed by atoms with van der Waals surface area (Å²) in [4.78, 5) is 32.4. The van der Waals surface area contributed by atoms with E-state index in [4.69, 9.17) is 15.2 Å². The Balaban J connectivity index is 0.000000195. The SMILES string of the molecule is CC(C)(C)OC(=O)CCC=O.CC(C)(C)OC(=O)CCCNC12CC3CC(CC(C3)C1)C2.Cl.NC12CC3CC(CC(C3)C1)C2. The molecule has 8 aliphatic carbocycles. The number of hydrogen-bond donors (Lipinski definition) is 2. The fourth-order valence-electron chi connectivity index (χ4n) is 10.1. The molecule has 8 rings (SSSR count). The van der Waals surface area contributed by atoms with Gasteiger partial charge >= 0.3 is 11.9 Å². The number of hydrogen-bond acceptors (Lipinski definition) is 7. The molecule has 0 saturated heterocycles. The molecule has 0 aliphatic heterocycles. The second kappa shape index (κ2) is 15.2. The summed E-state index contributed by atoms with van der Waals surface area (Å²) >= 11 is 0. The van der Waals surface area contributed by atoms with Gasteiger partial charge in [-0.3, -0.25) is 9.59 Å². The molecule has 0 aromatic carbocycles. The van der Waals surface area contributed by atoms with Gasteiger partial charge in [0, 0.05) is 23.9 Å². The summed E-state index contributed by atoms with van der Waals surface area (Å²) in [5, 5.41) is 3.84. The lowest BCUT2D eigenvalue weighted by molar-refractivity contribution is -0.156. The van der Waals surface area contributed by atoms with E-state index in [9.17, 15) is 14.4 Å². The first-order chi connectivity index (χ1) is 20.0. The highest BCUT2D eigenvalue weighted by atomic mass is 35.5. The van der Waals surface area contributed by atoms with Gasteiger partial charge in [-0.2, -0.15) is 0 Å². The molecule has 0 unspecified atom stereocenters. The Bertz CT molecular complexity index is 898. The van der Waals surface area contributed by atoms with E-state index >= 15 is 0 Å². The zero-order valence-electron chi connectivity index (χ0n) is 28.6. The highest BCUT2D eigenvalue weighted by molar-refractivity contribution is 5.85. The molecular formula is C36H63ClN2O5. The number of esters is 2. The first-order valence-corrected chi connectivity index (χ1v) is 17.4. The van der Waals surface area contributed by atoms with Gasteiger partial charge in [-0.15, -0.1) is 12.4 Å². The fourth-order valence-corrected chi connectivity index (χ4v) is 10.1. The molecule has 0 heterocycles. The summed E-state index contributed by atoms with van der Waals surface area (Å²) < 4.78 is 10.3. The predicted molar refractivity (Wildman–Crippen MR) is 177 cm³/mol. The van der Waals surface area contributed by atoms with Crippen molar-refractivity contribution in [1.82, 2.24) is 5.32 Å². The molecular weight excluding hydrogens is 576 g/mol. The quantitative estimate of drug-likeness (QED) is 0.163. The Morgan fingerprint density at radius 1 is 0.705 bits per heavy atom. The summed E-state index contributed by atoms with van der Waals surface area (Å²) in [5.41, 5.74) is 6.24. The van der Waals surface area contributed by atoms with E-state index in [0.29, 0.717) is 23.8 Å². The van der Waals surface area contributed by atoms with Crippen LogP contribution in [-0.4, -0.2) is 47.0 Å². The van der Waals surface area contributed by atoms with Gasteiger partial charge in [-0.25, -0.2) is 0 Å². The van der Waals surface area contributed by atoms with Crippen LogP contribution >= 0.6 is 12.4 Å². The van der Waals surface area contributed by atoms with Crippen molar-refractivity contribution in [3.8, 4) is 0 Å². The Labute approximate surface area is 273 Å². The smallest absolute Gasteiger partial charge is 0.306 e. The summed E-state index contributed by atoms with van der Waals surface area (Å²) in [7, 11) is 0. The molecule has 8 saturated carbocycles. The lowest BCUT2D eigenvalue weighted by Crippen LogP contribution is -2.58. The van der Waals surface area contributed by atoms with Gasteiger partial charge in [0.15, 0.2) is 0 Å². The maximum atomic E-state index is 11.7. The van der Waals surface area contributed by atoms with E-state index in [1.165, 1.54) is 77.0 Å². The zero-order chi connectivity index (χ0) is 31.5. The van der Waals surface area contributed by atoms with E-state index in [1.807, 2.05) is 20.8 Å². The number of carbonyl (C=O) groups excluding carboxylic acids is 3. The van der Waals surface area contributed by atoms with E-state index in [1.54, 1.807) is 20.8 Å². The van der Waals surface area contributed by atoms with Crippen LogP contribution in [0.1, 0.15) is 144 Å². The van der Waals surface area contributed by atoms with Crippen LogP contribution < -0.4 is 11.1 Å². The van der Waals surface area contributed by atoms with E-state index in [-0.39, 0.29) is 42.8 Å². The number of nitrogens with one attached hydrogen (secondary N) is 1. The normalized spacial score (nSPS) is 35.8. The standard InChI is InChI=1S/C18H31NO2.C10H17N.C8H14O3.ClH/c1-17(2,3)21-16(20)5-4-6-19-18-10-13-7-14(11-18)9-15(8-13)12-18;11-10-4-7-1-8(5-10)3-9(2-7)6-10;1-8(2,3)11-7(10)5-4-6-9;/h13-15,19H,4-12H2,1-3H3;7-9H,1-6,11H2;6H,4-5H2,1-3H3;1H. The van der Waals surface area contributed by atoms with E-state index in [0.717, 1.165) is 48.5 Å². The van der Waals surface area contributed by atoms with Crippen molar-refractivity contribution < 1.29 is 23.9 Å². The van der Waals surface area contributed by atoms with Gasteiger partial charge in [-0.05, 0) is 167 Å². The van der Waals surface area contributed by atoms with Crippen LogP contribution in [0.3, 0.4) is 0 Å². The van der Waals surface area contributed by atoms with Crippen molar-refractivity contribution in [2.24, 2.45) is 41.2 Å². The molecule has 8 fully saturated rings. The topological polar surface area (TPSA) is 108 Å². The monoisotopic (exact) mass is 638 g/mol. The van der Waals surface area contributed by atoms with Crippen molar-refractivity contribution in [1.29, 1.82) is 0 Å². The number of halogens is 1. The summed E-state index contributed by atoms with van der Waals surface area (Å²) in [6.45, 7) is 12.1. The molecule has 7 nitrogen and oxygen atoms in total. The average molecular weight is 639 g/mol.